The average Bonchev–Trinajstić information content (AvgIpc) is 2.77. The molecule has 0 aromatic carbocycles. The van der Waals surface area contributed by atoms with Crippen LogP contribution in [0.3, 0.4) is 0 Å². The van der Waals surface area contributed by atoms with Crippen LogP contribution in [-0.2, 0) is 6.42 Å². The summed E-state index contributed by atoms with van der Waals surface area (Å²) < 4.78 is 0. The van der Waals surface area contributed by atoms with E-state index in [-0.39, 0.29) is 5.56 Å². The zero-order valence-corrected chi connectivity index (χ0v) is 10.8. The van der Waals surface area contributed by atoms with Crippen molar-refractivity contribution >= 4 is 0 Å². The van der Waals surface area contributed by atoms with Crippen LogP contribution in [0, 0.1) is 12.8 Å². The molecule has 0 bridgehead atoms. The Hall–Kier alpha value is -1.98. The minimum absolute atomic E-state index is 0.211. The van der Waals surface area contributed by atoms with Crippen LogP contribution in [0.15, 0.2) is 11.0 Å². The topological polar surface area (TPSA) is 87.3 Å². The van der Waals surface area contributed by atoms with Crippen molar-refractivity contribution in [2.24, 2.45) is 5.92 Å². The molecule has 0 aliphatic rings. The fraction of sp³-hybridized carbons (Fsp3) is 0.500. The Labute approximate surface area is 105 Å². The van der Waals surface area contributed by atoms with Crippen LogP contribution in [-0.4, -0.2) is 25.1 Å². The quantitative estimate of drug-likeness (QED) is 0.856. The number of nitrogens with zero attached hydrogens (tertiary/aromatic N) is 3. The molecule has 18 heavy (non-hydrogen) atoms. The van der Waals surface area contributed by atoms with Gasteiger partial charge in [-0.15, -0.1) is 0 Å². The van der Waals surface area contributed by atoms with Gasteiger partial charge in [-0.2, -0.15) is 5.10 Å². The SMILES string of the molecule is CCC(C)Cc1nc(-c2cnc(C)[nH]c2=O)n[nH]1. The van der Waals surface area contributed by atoms with E-state index in [0.29, 0.717) is 23.1 Å². The van der Waals surface area contributed by atoms with Crippen molar-refractivity contribution in [3.8, 4) is 11.4 Å². The summed E-state index contributed by atoms with van der Waals surface area (Å²) in [6.07, 6.45) is 3.42. The summed E-state index contributed by atoms with van der Waals surface area (Å²) in [6.45, 7) is 6.02. The van der Waals surface area contributed by atoms with E-state index < -0.39 is 0 Å². The summed E-state index contributed by atoms with van der Waals surface area (Å²) in [5.74, 6) is 2.33. The predicted molar refractivity (Wildman–Crippen MR) is 68.1 cm³/mol. The number of aromatic amines is 2. The van der Waals surface area contributed by atoms with Crippen LogP contribution in [0.1, 0.15) is 31.9 Å². The highest BCUT2D eigenvalue weighted by atomic mass is 16.1. The predicted octanol–water partition coefficient (Wildman–Crippen LogP) is 1.45. The first-order valence-corrected chi connectivity index (χ1v) is 6.07. The second-order valence-corrected chi connectivity index (χ2v) is 4.53. The van der Waals surface area contributed by atoms with E-state index in [0.717, 1.165) is 18.7 Å². The van der Waals surface area contributed by atoms with Gasteiger partial charge >= 0.3 is 0 Å². The normalized spacial score (nSPS) is 12.6. The van der Waals surface area contributed by atoms with Gasteiger partial charge in [0.25, 0.3) is 5.56 Å². The second-order valence-electron chi connectivity index (χ2n) is 4.53. The highest BCUT2D eigenvalue weighted by Gasteiger charge is 2.11. The molecule has 0 aliphatic carbocycles. The molecule has 0 radical (unpaired) electrons. The Bertz CT molecular complexity index is 586. The summed E-state index contributed by atoms with van der Waals surface area (Å²) in [4.78, 5) is 22.8. The molecule has 0 spiro atoms. The Morgan fingerprint density at radius 1 is 1.44 bits per heavy atom. The van der Waals surface area contributed by atoms with E-state index in [1.165, 1.54) is 6.20 Å². The molecule has 6 nitrogen and oxygen atoms in total. The maximum Gasteiger partial charge on any atom is 0.262 e. The Balaban J connectivity index is 2.27. The third-order valence-electron chi connectivity index (χ3n) is 2.94. The minimum atomic E-state index is -0.211. The molecule has 0 amide bonds. The summed E-state index contributed by atoms with van der Waals surface area (Å²) in [7, 11) is 0. The molecule has 0 saturated carbocycles. The van der Waals surface area contributed by atoms with Gasteiger partial charge in [0.1, 0.15) is 17.2 Å². The zero-order chi connectivity index (χ0) is 13.1. The van der Waals surface area contributed by atoms with E-state index in [4.69, 9.17) is 0 Å². The Morgan fingerprint density at radius 3 is 2.89 bits per heavy atom. The van der Waals surface area contributed by atoms with Gasteiger partial charge in [-0.25, -0.2) is 9.97 Å². The molecule has 1 atom stereocenters. The third kappa shape index (κ3) is 2.64. The second kappa shape index (κ2) is 5.12. The molecule has 2 aromatic rings. The van der Waals surface area contributed by atoms with Gasteiger partial charge in [0.15, 0.2) is 5.82 Å². The maximum atomic E-state index is 11.7. The van der Waals surface area contributed by atoms with Crippen molar-refractivity contribution in [2.45, 2.75) is 33.6 Å². The van der Waals surface area contributed by atoms with Gasteiger partial charge in [-0.1, -0.05) is 20.3 Å². The molecular weight excluding hydrogens is 230 g/mol. The number of nitrogens with one attached hydrogen (secondary N) is 2. The number of H-pyrrole nitrogens is 2. The lowest BCUT2D eigenvalue weighted by Crippen LogP contribution is -2.12. The van der Waals surface area contributed by atoms with Crippen molar-refractivity contribution < 1.29 is 0 Å². The summed E-state index contributed by atoms with van der Waals surface area (Å²) >= 11 is 0. The standard InChI is InChI=1S/C12H17N5O/c1-4-7(2)5-10-15-11(17-16-10)9-6-13-8(3)14-12(9)18/h6-7H,4-5H2,1-3H3,(H,13,14,18)(H,15,16,17). The first kappa shape index (κ1) is 12.5. The van der Waals surface area contributed by atoms with Gasteiger partial charge in [0.2, 0.25) is 0 Å². The maximum absolute atomic E-state index is 11.7. The number of aryl methyl sites for hydroxylation is 1. The van der Waals surface area contributed by atoms with Crippen LogP contribution >= 0.6 is 0 Å². The Morgan fingerprint density at radius 2 is 2.22 bits per heavy atom. The fourth-order valence-corrected chi connectivity index (χ4v) is 1.62. The fourth-order valence-electron chi connectivity index (χ4n) is 1.62. The lowest BCUT2D eigenvalue weighted by atomic mass is 10.1. The van der Waals surface area contributed by atoms with Crippen LogP contribution < -0.4 is 5.56 Å². The van der Waals surface area contributed by atoms with Crippen LogP contribution in [0.25, 0.3) is 11.4 Å². The number of rotatable bonds is 4. The molecule has 0 fully saturated rings. The molecular formula is C12H17N5O. The van der Waals surface area contributed by atoms with Crippen molar-refractivity contribution in [1.82, 2.24) is 25.1 Å². The number of aromatic nitrogens is 5. The smallest absolute Gasteiger partial charge is 0.262 e. The highest BCUT2D eigenvalue weighted by Crippen LogP contribution is 2.11. The molecule has 0 saturated heterocycles. The highest BCUT2D eigenvalue weighted by molar-refractivity contribution is 5.51. The van der Waals surface area contributed by atoms with Crippen LogP contribution in [0.5, 0.6) is 0 Å². The Kier molecular flexibility index (Phi) is 3.55. The molecule has 2 heterocycles. The average molecular weight is 247 g/mol. The molecule has 2 N–H and O–H groups in total. The summed E-state index contributed by atoms with van der Waals surface area (Å²) in [5, 5.41) is 6.94. The van der Waals surface area contributed by atoms with Crippen LogP contribution in [0.4, 0.5) is 0 Å². The first-order valence-electron chi connectivity index (χ1n) is 6.07. The van der Waals surface area contributed by atoms with Crippen molar-refractivity contribution in [1.29, 1.82) is 0 Å². The van der Waals surface area contributed by atoms with Gasteiger partial charge in [0, 0.05) is 12.6 Å². The lowest BCUT2D eigenvalue weighted by molar-refractivity contribution is 0.544. The van der Waals surface area contributed by atoms with E-state index in [1.807, 2.05) is 0 Å². The number of hydrogen-bond donors (Lipinski definition) is 2. The molecule has 0 aliphatic heterocycles. The third-order valence-corrected chi connectivity index (χ3v) is 2.94. The zero-order valence-electron chi connectivity index (χ0n) is 10.8. The lowest BCUT2D eigenvalue weighted by Gasteiger charge is -2.03. The minimum Gasteiger partial charge on any atom is -0.310 e. The molecule has 2 rings (SSSR count). The van der Waals surface area contributed by atoms with Crippen LogP contribution in [0.2, 0.25) is 0 Å². The summed E-state index contributed by atoms with van der Waals surface area (Å²) in [6, 6.07) is 0. The summed E-state index contributed by atoms with van der Waals surface area (Å²) in [5.41, 5.74) is 0.184. The molecule has 96 valence electrons. The van der Waals surface area contributed by atoms with E-state index >= 15 is 0 Å². The van der Waals surface area contributed by atoms with E-state index in [1.54, 1.807) is 6.92 Å². The van der Waals surface area contributed by atoms with E-state index in [2.05, 4.69) is 39.0 Å². The number of hydrogen-bond acceptors (Lipinski definition) is 4. The molecule has 1 unspecified atom stereocenters. The van der Waals surface area contributed by atoms with Gasteiger partial charge in [-0.3, -0.25) is 9.89 Å². The molecule has 2 aromatic heterocycles. The molecule has 6 heteroatoms. The van der Waals surface area contributed by atoms with Crippen molar-refractivity contribution in [3.05, 3.63) is 28.2 Å². The first-order chi connectivity index (χ1) is 8.60. The van der Waals surface area contributed by atoms with Crippen molar-refractivity contribution in [3.63, 3.8) is 0 Å². The van der Waals surface area contributed by atoms with E-state index in [9.17, 15) is 4.79 Å². The van der Waals surface area contributed by atoms with Gasteiger partial charge in [-0.05, 0) is 12.8 Å². The van der Waals surface area contributed by atoms with Gasteiger partial charge in [0.05, 0.1) is 0 Å². The van der Waals surface area contributed by atoms with Gasteiger partial charge < -0.3 is 4.98 Å². The largest absolute Gasteiger partial charge is 0.310 e. The monoisotopic (exact) mass is 247 g/mol. The van der Waals surface area contributed by atoms with Crippen molar-refractivity contribution in [2.75, 3.05) is 0 Å².